The first kappa shape index (κ1) is 20.2. The third-order valence-electron chi connectivity index (χ3n) is 6.93. The van der Waals surface area contributed by atoms with E-state index in [2.05, 4.69) is 10.3 Å². The second-order valence-corrected chi connectivity index (χ2v) is 8.62. The van der Waals surface area contributed by atoms with Crippen molar-refractivity contribution in [2.75, 3.05) is 11.9 Å². The molecule has 0 bridgehead atoms. The van der Waals surface area contributed by atoms with Gasteiger partial charge in [-0.05, 0) is 55.2 Å². The van der Waals surface area contributed by atoms with Crippen molar-refractivity contribution in [2.24, 2.45) is 7.05 Å². The van der Waals surface area contributed by atoms with Crippen molar-refractivity contribution in [3.63, 3.8) is 0 Å². The molecule has 5 rings (SSSR count). The quantitative estimate of drug-likeness (QED) is 0.680. The lowest BCUT2D eigenvalue weighted by Crippen LogP contribution is -2.44. The molecule has 2 unspecified atom stereocenters. The van der Waals surface area contributed by atoms with E-state index in [4.69, 9.17) is 0 Å². The molecule has 2 aromatic heterocycles. The van der Waals surface area contributed by atoms with E-state index >= 15 is 0 Å². The van der Waals surface area contributed by atoms with Gasteiger partial charge in [-0.25, -0.2) is 0 Å². The number of hydrogen-bond donors (Lipinski definition) is 1. The van der Waals surface area contributed by atoms with E-state index in [0.717, 1.165) is 22.5 Å². The van der Waals surface area contributed by atoms with Crippen molar-refractivity contribution in [1.29, 1.82) is 0 Å². The zero-order valence-corrected chi connectivity index (χ0v) is 18.3. The summed E-state index contributed by atoms with van der Waals surface area (Å²) < 4.78 is 1.49. The van der Waals surface area contributed by atoms with Crippen molar-refractivity contribution in [1.82, 2.24) is 14.5 Å². The Balaban J connectivity index is 1.70. The van der Waals surface area contributed by atoms with Crippen LogP contribution in [0.15, 0.2) is 59.7 Å². The second-order valence-electron chi connectivity index (χ2n) is 8.62. The van der Waals surface area contributed by atoms with E-state index in [1.54, 1.807) is 37.3 Å². The molecule has 2 amide bonds. The van der Waals surface area contributed by atoms with Crippen LogP contribution in [0.25, 0.3) is 0 Å². The molecule has 7 nitrogen and oxygen atoms in total. The summed E-state index contributed by atoms with van der Waals surface area (Å²) in [7, 11) is 1.67. The summed E-state index contributed by atoms with van der Waals surface area (Å²) in [5.41, 5.74) is 2.73. The molecule has 32 heavy (non-hydrogen) atoms. The van der Waals surface area contributed by atoms with Gasteiger partial charge >= 0.3 is 0 Å². The molecule has 2 atom stereocenters. The number of likely N-dealkylation sites (tertiary alicyclic amines) is 1. The molecule has 2 aliphatic rings. The van der Waals surface area contributed by atoms with Crippen molar-refractivity contribution < 1.29 is 9.59 Å². The van der Waals surface area contributed by atoms with Gasteiger partial charge in [-0.1, -0.05) is 24.3 Å². The van der Waals surface area contributed by atoms with Crippen LogP contribution in [0.4, 0.5) is 5.69 Å². The van der Waals surface area contributed by atoms with Gasteiger partial charge in [0.05, 0.1) is 6.04 Å². The summed E-state index contributed by atoms with van der Waals surface area (Å²) in [5.74, 6) is -0.484. The number of pyridine rings is 2. The van der Waals surface area contributed by atoms with E-state index in [1.807, 2.05) is 43.3 Å². The molecule has 4 heterocycles. The number of nitrogens with zero attached hydrogens (tertiary/aromatic N) is 3. The van der Waals surface area contributed by atoms with E-state index in [1.165, 1.54) is 4.57 Å². The summed E-state index contributed by atoms with van der Waals surface area (Å²) >= 11 is 0. The zero-order valence-electron chi connectivity index (χ0n) is 18.3. The Morgan fingerprint density at radius 2 is 1.94 bits per heavy atom. The monoisotopic (exact) mass is 428 g/mol. The van der Waals surface area contributed by atoms with Gasteiger partial charge < -0.3 is 14.8 Å². The smallest absolute Gasteiger partial charge is 0.263 e. The fraction of sp³-hybridized carbons (Fsp3) is 0.280. The van der Waals surface area contributed by atoms with Crippen LogP contribution in [0.5, 0.6) is 0 Å². The number of aryl methyl sites for hydroxylation is 2. The van der Waals surface area contributed by atoms with E-state index in [0.29, 0.717) is 18.5 Å². The van der Waals surface area contributed by atoms with Crippen LogP contribution in [-0.4, -0.2) is 32.8 Å². The number of fused-ring (bicyclic) bond motifs is 2. The van der Waals surface area contributed by atoms with Gasteiger partial charge in [0.2, 0.25) is 5.91 Å². The van der Waals surface area contributed by atoms with Crippen LogP contribution in [-0.2, 0) is 17.3 Å². The lowest BCUT2D eigenvalue weighted by atomic mass is 9.73. The maximum absolute atomic E-state index is 13.9. The SMILES string of the molecule is Cc1cc(C)n(C)c(=O)c1C(=O)N1CCC2(C(=O)Nc3ccccc32)C1c1cccnc1. The minimum absolute atomic E-state index is 0.128. The van der Waals surface area contributed by atoms with Gasteiger partial charge in [-0.3, -0.25) is 19.4 Å². The molecule has 1 saturated heterocycles. The second kappa shape index (κ2) is 7.15. The molecular weight excluding hydrogens is 404 g/mol. The molecule has 162 valence electrons. The highest BCUT2D eigenvalue weighted by atomic mass is 16.2. The van der Waals surface area contributed by atoms with E-state index in [9.17, 15) is 14.4 Å². The largest absolute Gasteiger partial charge is 0.330 e. The van der Waals surface area contributed by atoms with Crippen molar-refractivity contribution >= 4 is 17.5 Å². The Hall–Kier alpha value is -3.74. The fourth-order valence-corrected chi connectivity index (χ4v) is 5.29. The number of nitrogens with one attached hydrogen (secondary N) is 1. The summed E-state index contributed by atoms with van der Waals surface area (Å²) in [6.07, 6.45) is 3.83. The standard InChI is InChI=1S/C25H24N4O3/c1-15-13-16(2)28(3)22(30)20(15)23(31)29-12-10-25(21(29)17-7-6-11-26-14-17)18-8-4-5-9-19(18)27-24(25)32/h4-9,11,13-14,21H,10,12H2,1-3H3,(H,27,32). The molecule has 1 aromatic carbocycles. The van der Waals surface area contributed by atoms with Crippen LogP contribution in [0.1, 0.15) is 45.2 Å². The molecule has 0 radical (unpaired) electrons. The lowest BCUT2D eigenvalue weighted by Gasteiger charge is -2.34. The zero-order chi connectivity index (χ0) is 22.6. The first-order chi connectivity index (χ1) is 15.4. The number of aromatic nitrogens is 2. The van der Waals surface area contributed by atoms with Gasteiger partial charge in [-0.2, -0.15) is 0 Å². The van der Waals surface area contributed by atoms with Crippen molar-refractivity contribution in [2.45, 2.75) is 31.7 Å². The molecule has 0 aliphatic carbocycles. The fourth-order valence-electron chi connectivity index (χ4n) is 5.29. The first-order valence-corrected chi connectivity index (χ1v) is 10.7. The molecule has 0 saturated carbocycles. The van der Waals surface area contributed by atoms with Crippen LogP contribution < -0.4 is 10.9 Å². The number of para-hydroxylation sites is 1. The summed E-state index contributed by atoms with van der Waals surface area (Å²) in [5, 5.41) is 3.01. The van der Waals surface area contributed by atoms with Crippen LogP contribution in [0, 0.1) is 13.8 Å². The molecule has 1 fully saturated rings. The van der Waals surface area contributed by atoms with Crippen LogP contribution in [0.3, 0.4) is 0 Å². The van der Waals surface area contributed by atoms with Gasteiger partial charge in [0, 0.05) is 37.4 Å². The van der Waals surface area contributed by atoms with E-state index in [-0.39, 0.29) is 22.9 Å². The summed E-state index contributed by atoms with van der Waals surface area (Å²) in [6.45, 7) is 3.98. The average molecular weight is 428 g/mol. The van der Waals surface area contributed by atoms with Crippen molar-refractivity contribution in [3.8, 4) is 0 Å². The minimum Gasteiger partial charge on any atom is -0.330 e. The molecule has 2 aliphatic heterocycles. The normalized spacial score (nSPS) is 21.7. The predicted molar refractivity (Wildman–Crippen MR) is 121 cm³/mol. The Morgan fingerprint density at radius 1 is 1.16 bits per heavy atom. The number of hydrogen-bond acceptors (Lipinski definition) is 4. The summed E-state index contributed by atoms with van der Waals surface area (Å²) in [4.78, 5) is 46.3. The van der Waals surface area contributed by atoms with Crippen molar-refractivity contribution in [3.05, 3.63) is 93.2 Å². The average Bonchev–Trinajstić information content (AvgIpc) is 3.32. The highest BCUT2D eigenvalue weighted by Crippen LogP contribution is 2.54. The number of anilines is 1. The number of rotatable bonds is 2. The highest BCUT2D eigenvalue weighted by Gasteiger charge is 2.59. The molecular formula is C25H24N4O3. The minimum atomic E-state index is -0.931. The molecule has 3 aromatic rings. The molecule has 1 spiro atoms. The Bertz CT molecular complexity index is 1310. The number of carbonyl (C=O) groups is 2. The topological polar surface area (TPSA) is 84.3 Å². The maximum Gasteiger partial charge on any atom is 0.263 e. The first-order valence-electron chi connectivity index (χ1n) is 10.7. The Morgan fingerprint density at radius 3 is 2.69 bits per heavy atom. The van der Waals surface area contributed by atoms with Gasteiger partial charge in [-0.15, -0.1) is 0 Å². The third-order valence-corrected chi connectivity index (χ3v) is 6.93. The number of amides is 2. The van der Waals surface area contributed by atoms with Gasteiger partial charge in [0.15, 0.2) is 0 Å². The maximum atomic E-state index is 13.9. The molecule has 1 N–H and O–H groups in total. The predicted octanol–water partition coefficient (Wildman–Crippen LogP) is 2.87. The van der Waals surface area contributed by atoms with E-state index < -0.39 is 11.5 Å². The van der Waals surface area contributed by atoms with Crippen LogP contribution in [0.2, 0.25) is 0 Å². The number of carbonyl (C=O) groups excluding carboxylic acids is 2. The highest BCUT2D eigenvalue weighted by molar-refractivity contribution is 6.08. The molecule has 7 heteroatoms. The van der Waals surface area contributed by atoms with Gasteiger partial charge in [0.25, 0.3) is 11.5 Å². The van der Waals surface area contributed by atoms with Crippen LogP contribution >= 0.6 is 0 Å². The Labute approximate surface area is 185 Å². The Kier molecular flexibility index (Phi) is 4.51. The summed E-state index contributed by atoms with van der Waals surface area (Å²) in [6, 6.07) is 12.6. The number of benzene rings is 1. The third kappa shape index (κ3) is 2.67. The van der Waals surface area contributed by atoms with Gasteiger partial charge in [0.1, 0.15) is 11.0 Å². The lowest BCUT2D eigenvalue weighted by molar-refractivity contribution is -0.121.